The van der Waals surface area contributed by atoms with Gasteiger partial charge in [-0.2, -0.15) is 0 Å². The van der Waals surface area contributed by atoms with Crippen LogP contribution in [-0.2, 0) is 11.3 Å². The zero-order valence-corrected chi connectivity index (χ0v) is 9.62. The summed E-state index contributed by atoms with van der Waals surface area (Å²) in [6, 6.07) is 0. The quantitative estimate of drug-likeness (QED) is 0.741. The maximum absolute atomic E-state index is 5.51. The van der Waals surface area contributed by atoms with E-state index >= 15 is 0 Å². The fourth-order valence-electron chi connectivity index (χ4n) is 1.99. The topological polar surface area (TPSA) is 38.5 Å². The molecule has 0 spiro atoms. The van der Waals surface area contributed by atoms with E-state index < -0.39 is 0 Å². The van der Waals surface area contributed by atoms with Crippen LogP contribution in [-0.4, -0.2) is 35.9 Å². The van der Waals surface area contributed by atoms with Crippen molar-refractivity contribution in [3.05, 3.63) is 17.0 Å². The minimum Gasteiger partial charge on any atom is -0.376 e. The molecule has 1 aromatic rings. The monoisotopic (exact) mass is 210 g/mol. The van der Waals surface area contributed by atoms with Gasteiger partial charge >= 0.3 is 0 Å². The number of hydrogen-bond donors (Lipinski definition) is 0. The van der Waals surface area contributed by atoms with E-state index in [1.165, 1.54) is 5.56 Å². The van der Waals surface area contributed by atoms with Crippen molar-refractivity contribution >= 4 is 0 Å². The van der Waals surface area contributed by atoms with Gasteiger partial charge in [-0.1, -0.05) is 5.16 Å². The van der Waals surface area contributed by atoms with Crippen LogP contribution in [0.3, 0.4) is 0 Å². The first-order valence-electron chi connectivity index (χ1n) is 5.42. The molecule has 0 aliphatic carbocycles. The average Bonchev–Trinajstić information content (AvgIpc) is 2.50. The molecule has 1 aliphatic heterocycles. The van der Waals surface area contributed by atoms with Gasteiger partial charge in [-0.05, 0) is 20.8 Å². The molecule has 84 valence electrons. The third kappa shape index (κ3) is 2.38. The molecule has 0 bridgehead atoms. The summed E-state index contributed by atoms with van der Waals surface area (Å²) < 4.78 is 10.7. The van der Waals surface area contributed by atoms with Gasteiger partial charge in [0.1, 0.15) is 5.76 Å². The summed E-state index contributed by atoms with van der Waals surface area (Å²) in [5.74, 6) is 0.937. The average molecular weight is 210 g/mol. The van der Waals surface area contributed by atoms with Gasteiger partial charge < -0.3 is 9.26 Å². The predicted octanol–water partition coefficient (Wildman–Crippen LogP) is 1.51. The Morgan fingerprint density at radius 2 is 2.27 bits per heavy atom. The van der Waals surface area contributed by atoms with E-state index in [4.69, 9.17) is 9.26 Å². The number of hydrogen-bond acceptors (Lipinski definition) is 4. The molecule has 0 aromatic carbocycles. The number of aromatic nitrogens is 1. The maximum atomic E-state index is 5.51. The van der Waals surface area contributed by atoms with Crippen molar-refractivity contribution in [2.24, 2.45) is 0 Å². The van der Waals surface area contributed by atoms with Crippen molar-refractivity contribution in [2.75, 3.05) is 19.7 Å². The van der Waals surface area contributed by atoms with Crippen molar-refractivity contribution in [2.45, 2.75) is 33.4 Å². The molecular weight excluding hydrogens is 192 g/mol. The maximum Gasteiger partial charge on any atom is 0.138 e. The molecule has 1 atom stereocenters. The zero-order valence-electron chi connectivity index (χ0n) is 9.62. The molecule has 15 heavy (non-hydrogen) atoms. The van der Waals surface area contributed by atoms with Crippen molar-refractivity contribution in [3.8, 4) is 0 Å². The van der Waals surface area contributed by atoms with Gasteiger partial charge in [0.05, 0.1) is 18.4 Å². The lowest BCUT2D eigenvalue weighted by molar-refractivity contribution is -0.0213. The van der Waals surface area contributed by atoms with Crippen molar-refractivity contribution < 1.29 is 9.26 Å². The van der Waals surface area contributed by atoms with Crippen LogP contribution in [0.5, 0.6) is 0 Å². The molecule has 0 saturated carbocycles. The Balaban J connectivity index is 2.02. The lowest BCUT2D eigenvalue weighted by Gasteiger charge is -2.30. The highest BCUT2D eigenvalue weighted by molar-refractivity contribution is 5.20. The number of rotatable bonds is 2. The second-order valence-corrected chi connectivity index (χ2v) is 4.22. The lowest BCUT2D eigenvalue weighted by Crippen LogP contribution is -2.40. The third-order valence-corrected chi connectivity index (χ3v) is 2.89. The van der Waals surface area contributed by atoms with Crippen molar-refractivity contribution in [3.63, 3.8) is 0 Å². The Kier molecular flexibility index (Phi) is 3.07. The largest absolute Gasteiger partial charge is 0.376 e. The second-order valence-electron chi connectivity index (χ2n) is 4.22. The molecule has 1 aromatic heterocycles. The third-order valence-electron chi connectivity index (χ3n) is 2.89. The van der Waals surface area contributed by atoms with Crippen molar-refractivity contribution in [1.29, 1.82) is 0 Å². The Morgan fingerprint density at radius 1 is 1.47 bits per heavy atom. The molecule has 1 aliphatic rings. The first-order valence-corrected chi connectivity index (χ1v) is 5.42. The Morgan fingerprint density at radius 3 is 2.87 bits per heavy atom. The molecule has 0 N–H and O–H groups in total. The summed E-state index contributed by atoms with van der Waals surface area (Å²) in [6.07, 6.45) is 0.333. The van der Waals surface area contributed by atoms with E-state index in [-0.39, 0.29) is 0 Å². The van der Waals surface area contributed by atoms with Crippen LogP contribution < -0.4 is 0 Å². The number of ether oxygens (including phenoxy) is 1. The Bertz CT molecular complexity index is 316. The fraction of sp³-hybridized carbons (Fsp3) is 0.727. The summed E-state index contributed by atoms with van der Waals surface area (Å²) in [7, 11) is 0. The summed E-state index contributed by atoms with van der Waals surface area (Å²) in [5.41, 5.74) is 2.23. The van der Waals surface area contributed by atoms with Gasteiger partial charge in [-0.15, -0.1) is 0 Å². The first-order chi connectivity index (χ1) is 7.16. The van der Waals surface area contributed by atoms with E-state index in [0.29, 0.717) is 6.10 Å². The van der Waals surface area contributed by atoms with Gasteiger partial charge in [0, 0.05) is 25.2 Å². The van der Waals surface area contributed by atoms with Gasteiger partial charge in [0.25, 0.3) is 0 Å². The van der Waals surface area contributed by atoms with E-state index in [0.717, 1.165) is 37.7 Å². The van der Waals surface area contributed by atoms with Gasteiger partial charge in [-0.3, -0.25) is 4.90 Å². The molecule has 2 rings (SSSR count). The van der Waals surface area contributed by atoms with Gasteiger partial charge in [-0.25, -0.2) is 0 Å². The van der Waals surface area contributed by atoms with Crippen LogP contribution in [0.15, 0.2) is 4.52 Å². The van der Waals surface area contributed by atoms with Crippen LogP contribution in [0, 0.1) is 13.8 Å². The van der Waals surface area contributed by atoms with Crippen LogP contribution in [0.2, 0.25) is 0 Å². The van der Waals surface area contributed by atoms with E-state index in [1.807, 2.05) is 13.8 Å². The van der Waals surface area contributed by atoms with Crippen LogP contribution in [0.4, 0.5) is 0 Å². The van der Waals surface area contributed by atoms with E-state index in [9.17, 15) is 0 Å². The number of aryl methyl sites for hydroxylation is 2. The summed E-state index contributed by atoms with van der Waals surface area (Å²) in [5, 5.41) is 3.97. The predicted molar refractivity (Wildman–Crippen MR) is 56.7 cm³/mol. The summed E-state index contributed by atoms with van der Waals surface area (Å²) >= 11 is 0. The molecule has 2 heterocycles. The second kappa shape index (κ2) is 4.33. The SMILES string of the molecule is Cc1noc(C)c1CN1CCOC(C)C1. The van der Waals surface area contributed by atoms with Crippen LogP contribution in [0.25, 0.3) is 0 Å². The minimum absolute atomic E-state index is 0.333. The summed E-state index contributed by atoms with van der Waals surface area (Å²) in [4.78, 5) is 2.39. The highest BCUT2D eigenvalue weighted by Crippen LogP contribution is 2.16. The molecule has 1 saturated heterocycles. The molecule has 0 amide bonds. The Labute approximate surface area is 90.2 Å². The van der Waals surface area contributed by atoms with Gasteiger partial charge in [0.2, 0.25) is 0 Å². The molecule has 1 fully saturated rings. The number of nitrogens with zero attached hydrogens (tertiary/aromatic N) is 2. The first kappa shape index (κ1) is 10.6. The van der Waals surface area contributed by atoms with E-state index in [2.05, 4.69) is 17.0 Å². The Hall–Kier alpha value is -0.870. The van der Waals surface area contributed by atoms with Crippen LogP contribution >= 0.6 is 0 Å². The van der Waals surface area contributed by atoms with Crippen molar-refractivity contribution in [1.82, 2.24) is 10.1 Å². The molecule has 0 radical (unpaired) electrons. The van der Waals surface area contributed by atoms with Crippen LogP contribution in [0.1, 0.15) is 23.9 Å². The fourth-order valence-corrected chi connectivity index (χ4v) is 1.99. The lowest BCUT2D eigenvalue weighted by atomic mass is 10.2. The highest BCUT2D eigenvalue weighted by Gasteiger charge is 2.19. The van der Waals surface area contributed by atoms with E-state index in [1.54, 1.807) is 0 Å². The molecule has 1 unspecified atom stereocenters. The van der Waals surface area contributed by atoms with Gasteiger partial charge in [0.15, 0.2) is 0 Å². The normalized spacial score (nSPS) is 23.3. The standard InChI is InChI=1S/C11H18N2O2/c1-8-6-13(4-5-14-8)7-11-9(2)12-15-10(11)3/h8H,4-7H2,1-3H3. The minimum atomic E-state index is 0.333. The number of morpholine rings is 1. The zero-order chi connectivity index (χ0) is 10.8. The molecular formula is C11H18N2O2. The summed E-state index contributed by atoms with van der Waals surface area (Å²) in [6.45, 7) is 9.81. The molecule has 4 nitrogen and oxygen atoms in total. The highest BCUT2D eigenvalue weighted by atomic mass is 16.5. The molecule has 4 heteroatoms. The smallest absolute Gasteiger partial charge is 0.138 e.